The van der Waals surface area contributed by atoms with Gasteiger partial charge in [0.1, 0.15) is 5.82 Å². The summed E-state index contributed by atoms with van der Waals surface area (Å²) in [6.45, 7) is 4.73. The number of anilines is 2. The monoisotopic (exact) mass is 336 g/mol. The van der Waals surface area contributed by atoms with Crippen LogP contribution in [-0.4, -0.2) is 41.6 Å². The van der Waals surface area contributed by atoms with Gasteiger partial charge in [-0.1, -0.05) is 24.3 Å². The Morgan fingerprint density at radius 1 is 1.08 bits per heavy atom. The third kappa shape index (κ3) is 3.31. The summed E-state index contributed by atoms with van der Waals surface area (Å²) in [5.41, 5.74) is 3.36. The Bertz CT molecular complexity index is 751. The first kappa shape index (κ1) is 15.9. The summed E-state index contributed by atoms with van der Waals surface area (Å²) in [6.07, 6.45) is 4.80. The van der Waals surface area contributed by atoms with Gasteiger partial charge < -0.3 is 15.1 Å². The molecular weight excluding hydrogens is 312 g/mol. The average molecular weight is 336 g/mol. The van der Waals surface area contributed by atoms with Crippen LogP contribution in [0, 0.1) is 6.92 Å². The van der Waals surface area contributed by atoms with Crippen LogP contribution in [0.1, 0.15) is 24.0 Å². The molecule has 1 N–H and O–H groups in total. The predicted octanol–water partition coefficient (Wildman–Crippen LogP) is 3.45. The summed E-state index contributed by atoms with van der Waals surface area (Å²) in [5.74, 6) is 1.04. The van der Waals surface area contributed by atoms with Gasteiger partial charge in [-0.3, -0.25) is 0 Å². The van der Waals surface area contributed by atoms with E-state index in [4.69, 9.17) is 0 Å². The Hall–Kier alpha value is -2.56. The number of rotatable bonds is 2. The van der Waals surface area contributed by atoms with Crippen molar-refractivity contribution in [2.24, 2.45) is 0 Å². The number of para-hydroxylation sites is 1. The Labute approximate surface area is 148 Å². The van der Waals surface area contributed by atoms with E-state index in [-0.39, 0.29) is 6.03 Å². The quantitative estimate of drug-likeness (QED) is 0.914. The van der Waals surface area contributed by atoms with E-state index in [0.717, 1.165) is 50.4 Å². The molecular formula is C20H24N4O. The molecule has 0 radical (unpaired) electrons. The van der Waals surface area contributed by atoms with Crippen molar-refractivity contribution in [1.82, 2.24) is 9.88 Å². The smallest absolute Gasteiger partial charge is 0.322 e. The van der Waals surface area contributed by atoms with Crippen LogP contribution in [0.5, 0.6) is 0 Å². The van der Waals surface area contributed by atoms with Gasteiger partial charge in [-0.15, -0.1) is 0 Å². The molecule has 0 unspecified atom stereocenters. The molecule has 1 fully saturated rings. The molecule has 25 heavy (non-hydrogen) atoms. The maximum Gasteiger partial charge on any atom is 0.322 e. The lowest BCUT2D eigenvalue weighted by Crippen LogP contribution is -2.49. The fourth-order valence-corrected chi connectivity index (χ4v) is 3.79. The van der Waals surface area contributed by atoms with Crippen molar-refractivity contribution in [3.05, 3.63) is 53.7 Å². The van der Waals surface area contributed by atoms with Crippen molar-refractivity contribution < 1.29 is 4.79 Å². The van der Waals surface area contributed by atoms with Gasteiger partial charge in [-0.2, -0.15) is 0 Å². The molecule has 130 valence electrons. The van der Waals surface area contributed by atoms with E-state index in [1.165, 1.54) is 11.1 Å². The molecule has 2 aliphatic rings. The Morgan fingerprint density at radius 2 is 1.88 bits per heavy atom. The molecule has 4 rings (SSSR count). The molecule has 0 atom stereocenters. The highest BCUT2D eigenvalue weighted by Crippen LogP contribution is 2.25. The minimum absolute atomic E-state index is 0.0388. The normalized spacial score (nSPS) is 18.5. The first-order valence-electron chi connectivity index (χ1n) is 9.04. The molecule has 0 saturated carbocycles. The molecule has 0 spiro atoms. The molecule has 2 amide bonds. The number of hydrogen-bond acceptors (Lipinski definition) is 3. The van der Waals surface area contributed by atoms with Crippen molar-refractivity contribution in [3.8, 4) is 0 Å². The number of aryl methyl sites for hydroxylation is 1. The number of benzene rings is 1. The maximum atomic E-state index is 12.7. The van der Waals surface area contributed by atoms with Gasteiger partial charge in [0.05, 0.1) is 0 Å². The van der Waals surface area contributed by atoms with E-state index in [1.54, 1.807) is 0 Å². The number of hydrogen-bond donors (Lipinski definition) is 1. The van der Waals surface area contributed by atoms with Crippen LogP contribution in [0.15, 0.2) is 42.6 Å². The zero-order valence-corrected chi connectivity index (χ0v) is 14.6. The highest BCUT2D eigenvalue weighted by Gasteiger charge is 2.30. The van der Waals surface area contributed by atoms with E-state index < -0.39 is 0 Å². The van der Waals surface area contributed by atoms with Gasteiger partial charge in [-0.05, 0) is 49.4 Å². The number of pyridine rings is 1. The number of nitrogens with zero attached hydrogens (tertiary/aromatic N) is 3. The zero-order valence-electron chi connectivity index (χ0n) is 14.6. The van der Waals surface area contributed by atoms with Gasteiger partial charge >= 0.3 is 6.03 Å². The van der Waals surface area contributed by atoms with Gasteiger partial charge in [-0.25, -0.2) is 9.78 Å². The molecule has 5 nitrogen and oxygen atoms in total. The maximum absolute atomic E-state index is 12.7. The van der Waals surface area contributed by atoms with Crippen LogP contribution in [0.3, 0.4) is 0 Å². The zero-order chi connectivity index (χ0) is 17.2. The van der Waals surface area contributed by atoms with Crippen molar-refractivity contribution in [1.29, 1.82) is 0 Å². The molecule has 5 heteroatoms. The molecule has 1 aromatic heterocycles. The van der Waals surface area contributed by atoms with Crippen LogP contribution in [0.2, 0.25) is 0 Å². The van der Waals surface area contributed by atoms with E-state index in [0.29, 0.717) is 6.04 Å². The van der Waals surface area contributed by atoms with Crippen LogP contribution in [0.25, 0.3) is 0 Å². The molecule has 0 aliphatic carbocycles. The molecule has 2 aliphatic heterocycles. The highest BCUT2D eigenvalue weighted by atomic mass is 16.2. The van der Waals surface area contributed by atoms with E-state index in [2.05, 4.69) is 40.3 Å². The van der Waals surface area contributed by atoms with Gasteiger partial charge in [0.25, 0.3) is 0 Å². The summed E-state index contributed by atoms with van der Waals surface area (Å²) < 4.78 is 0. The third-order valence-electron chi connectivity index (χ3n) is 5.27. The van der Waals surface area contributed by atoms with E-state index in [1.807, 2.05) is 29.3 Å². The first-order valence-corrected chi connectivity index (χ1v) is 9.04. The predicted molar refractivity (Wildman–Crippen MR) is 100 cm³/mol. The topological polar surface area (TPSA) is 48.5 Å². The molecule has 1 saturated heterocycles. The van der Waals surface area contributed by atoms with Gasteiger partial charge in [0, 0.05) is 37.6 Å². The van der Waals surface area contributed by atoms with E-state index >= 15 is 0 Å². The molecule has 3 heterocycles. The van der Waals surface area contributed by atoms with Crippen molar-refractivity contribution in [3.63, 3.8) is 0 Å². The number of aromatic nitrogens is 1. The Kier molecular flexibility index (Phi) is 4.30. The fourth-order valence-electron chi connectivity index (χ4n) is 3.79. The number of fused-ring (bicyclic) bond motifs is 1. The standard InChI is InChI=1S/C20H24N4O/c1-15-6-7-19(21-14-15)23-11-9-17(10-12-23)24-13-8-16-4-2-3-5-18(16)22-20(24)25/h2-7,14,17H,8-13H2,1H3,(H,22,25). The number of piperidine rings is 1. The van der Waals surface area contributed by atoms with Gasteiger partial charge in [0.15, 0.2) is 0 Å². The minimum atomic E-state index is 0.0388. The average Bonchev–Trinajstić information content (AvgIpc) is 2.81. The minimum Gasteiger partial charge on any atom is -0.356 e. The molecule has 2 aromatic rings. The summed E-state index contributed by atoms with van der Waals surface area (Å²) in [4.78, 5) is 21.5. The highest BCUT2D eigenvalue weighted by molar-refractivity contribution is 5.91. The summed E-state index contributed by atoms with van der Waals surface area (Å²) >= 11 is 0. The fraction of sp³-hybridized carbons (Fsp3) is 0.400. The van der Waals surface area contributed by atoms with Crippen molar-refractivity contribution >= 4 is 17.5 Å². The number of amides is 2. The van der Waals surface area contributed by atoms with Crippen LogP contribution in [0.4, 0.5) is 16.3 Å². The molecule has 1 aromatic carbocycles. The number of carbonyl (C=O) groups excluding carboxylic acids is 1. The SMILES string of the molecule is Cc1ccc(N2CCC(N3CCc4ccccc4NC3=O)CC2)nc1. The second-order valence-electron chi connectivity index (χ2n) is 6.94. The number of nitrogens with one attached hydrogen (secondary N) is 1. The number of carbonyl (C=O) groups is 1. The lowest BCUT2D eigenvalue weighted by atomic mass is 10.0. The van der Waals surface area contributed by atoms with Crippen LogP contribution in [-0.2, 0) is 6.42 Å². The lowest BCUT2D eigenvalue weighted by molar-refractivity contribution is 0.177. The Morgan fingerprint density at radius 3 is 2.64 bits per heavy atom. The third-order valence-corrected chi connectivity index (χ3v) is 5.27. The van der Waals surface area contributed by atoms with Gasteiger partial charge in [0.2, 0.25) is 0 Å². The van der Waals surface area contributed by atoms with E-state index in [9.17, 15) is 4.79 Å². The Balaban J connectivity index is 1.41. The van der Waals surface area contributed by atoms with Crippen molar-refractivity contribution in [2.75, 3.05) is 29.9 Å². The van der Waals surface area contributed by atoms with Crippen molar-refractivity contribution in [2.45, 2.75) is 32.2 Å². The second kappa shape index (κ2) is 6.75. The van der Waals surface area contributed by atoms with Crippen LogP contribution < -0.4 is 10.2 Å². The summed E-state index contributed by atoms with van der Waals surface area (Å²) in [7, 11) is 0. The largest absolute Gasteiger partial charge is 0.356 e. The summed E-state index contributed by atoms with van der Waals surface area (Å²) in [6, 6.07) is 12.6. The first-order chi connectivity index (χ1) is 12.2. The van der Waals surface area contributed by atoms with Crippen LogP contribution >= 0.6 is 0 Å². The molecule has 0 bridgehead atoms. The summed E-state index contributed by atoms with van der Waals surface area (Å²) in [5, 5.41) is 3.08. The second-order valence-corrected chi connectivity index (χ2v) is 6.94. The lowest BCUT2D eigenvalue weighted by Gasteiger charge is -2.38. The number of urea groups is 1.